The average Bonchev–Trinajstić information content (AvgIpc) is 2.46. The second kappa shape index (κ2) is 6.39. The molecule has 2 rings (SSSR count). The molecule has 4 heteroatoms. The Balaban J connectivity index is 2.44. The van der Waals surface area contributed by atoms with Crippen LogP contribution < -0.4 is 4.74 Å². The summed E-state index contributed by atoms with van der Waals surface area (Å²) in [5, 5.41) is 9.13. The van der Waals surface area contributed by atoms with Crippen molar-refractivity contribution in [2.75, 3.05) is 0 Å². The Morgan fingerprint density at radius 2 is 1.86 bits per heavy atom. The van der Waals surface area contributed by atoms with Crippen molar-refractivity contribution in [2.24, 2.45) is 0 Å². The van der Waals surface area contributed by atoms with Gasteiger partial charge in [0, 0.05) is 0 Å². The first kappa shape index (κ1) is 15.0. The first-order valence-electron chi connectivity index (χ1n) is 6.83. The number of carbonyl (C=O) groups is 1. The normalized spacial score (nSPS) is 12.0. The molecule has 0 aliphatic rings. The zero-order valence-electron chi connectivity index (χ0n) is 12.0. The Morgan fingerprint density at radius 1 is 1.19 bits per heavy atom. The minimum atomic E-state index is -1.34. The molecule has 0 bridgehead atoms. The van der Waals surface area contributed by atoms with Crippen LogP contribution in [0.4, 0.5) is 4.39 Å². The van der Waals surface area contributed by atoms with Crippen molar-refractivity contribution in [3.63, 3.8) is 0 Å². The number of carboxylic acids is 1. The summed E-state index contributed by atoms with van der Waals surface area (Å²) in [5.74, 6) is -1.31. The molecular weight excluding hydrogens is 271 g/mol. The van der Waals surface area contributed by atoms with Crippen LogP contribution >= 0.6 is 0 Å². The van der Waals surface area contributed by atoms with Crippen molar-refractivity contribution in [1.82, 2.24) is 0 Å². The first-order chi connectivity index (χ1) is 10.0. The molecule has 0 saturated heterocycles. The fraction of sp³-hybridized carbons (Fsp3) is 0.235. The van der Waals surface area contributed by atoms with Gasteiger partial charge in [-0.25, -0.2) is 9.18 Å². The highest BCUT2D eigenvalue weighted by molar-refractivity contribution is 5.91. The molecule has 0 aliphatic heterocycles. The summed E-state index contributed by atoms with van der Waals surface area (Å²) in [6.45, 7) is 4.12. The van der Waals surface area contributed by atoms with Gasteiger partial charge in [-0.2, -0.15) is 0 Å². The SMILES string of the molecule is CCC(C)c1ccccc1Oc1cccc(F)c1C(=O)O. The average molecular weight is 288 g/mol. The number of ether oxygens (including phenoxy) is 1. The van der Waals surface area contributed by atoms with E-state index in [2.05, 4.69) is 13.8 Å². The zero-order chi connectivity index (χ0) is 15.4. The first-order valence-corrected chi connectivity index (χ1v) is 6.83. The Bertz CT molecular complexity index is 652. The lowest BCUT2D eigenvalue weighted by Crippen LogP contribution is -2.04. The molecule has 1 atom stereocenters. The maximum Gasteiger partial charge on any atom is 0.342 e. The molecule has 1 unspecified atom stereocenters. The van der Waals surface area contributed by atoms with Crippen molar-refractivity contribution in [3.05, 3.63) is 59.4 Å². The van der Waals surface area contributed by atoms with Crippen LogP contribution in [0.2, 0.25) is 0 Å². The van der Waals surface area contributed by atoms with Gasteiger partial charge in [-0.05, 0) is 36.1 Å². The van der Waals surface area contributed by atoms with Gasteiger partial charge in [0.2, 0.25) is 0 Å². The van der Waals surface area contributed by atoms with E-state index in [9.17, 15) is 9.18 Å². The van der Waals surface area contributed by atoms with Crippen LogP contribution in [0.25, 0.3) is 0 Å². The summed E-state index contributed by atoms with van der Waals surface area (Å²) in [7, 11) is 0. The number of hydrogen-bond acceptors (Lipinski definition) is 2. The van der Waals surface area contributed by atoms with Crippen molar-refractivity contribution >= 4 is 5.97 Å². The third-order valence-electron chi connectivity index (χ3n) is 3.47. The molecule has 0 radical (unpaired) electrons. The Hall–Kier alpha value is -2.36. The van der Waals surface area contributed by atoms with Gasteiger partial charge in [-0.3, -0.25) is 0 Å². The summed E-state index contributed by atoms with van der Waals surface area (Å²) in [6.07, 6.45) is 0.926. The van der Waals surface area contributed by atoms with E-state index in [1.807, 2.05) is 12.1 Å². The quantitative estimate of drug-likeness (QED) is 0.857. The van der Waals surface area contributed by atoms with E-state index in [1.165, 1.54) is 12.1 Å². The maximum absolute atomic E-state index is 13.7. The number of hydrogen-bond donors (Lipinski definition) is 1. The lowest BCUT2D eigenvalue weighted by molar-refractivity contribution is 0.0689. The summed E-state index contributed by atoms with van der Waals surface area (Å²) in [5.41, 5.74) is 0.525. The monoisotopic (exact) mass is 288 g/mol. The summed E-state index contributed by atoms with van der Waals surface area (Å²) in [4.78, 5) is 11.2. The van der Waals surface area contributed by atoms with Gasteiger partial charge in [0.15, 0.2) is 0 Å². The van der Waals surface area contributed by atoms with Crippen LogP contribution in [0.15, 0.2) is 42.5 Å². The molecule has 3 nitrogen and oxygen atoms in total. The number of halogens is 1. The second-order valence-electron chi connectivity index (χ2n) is 4.87. The molecule has 0 amide bonds. The third-order valence-corrected chi connectivity index (χ3v) is 3.47. The molecule has 0 aromatic heterocycles. The molecule has 0 aliphatic carbocycles. The molecule has 0 spiro atoms. The highest BCUT2D eigenvalue weighted by atomic mass is 19.1. The fourth-order valence-corrected chi connectivity index (χ4v) is 2.12. The van der Waals surface area contributed by atoms with Crippen LogP contribution in [0.5, 0.6) is 11.5 Å². The number of benzene rings is 2. The van der Waals surface area contributed by atoms with Gasteiger partial charge in [-0.1, -0.05) is 38.1 Å². The Morgan fingerprint density at radius 3 is 2.52 bits per heavy atom. The molecule has 2 aromatic carbocycles. The molecule has 0 saturated carbocycles. The van der Waals surface area contributed by atoms with E-state index < -0.39 is 17.3 Å². The standard InChI is InChI=1S/C17H17FO3/c1-3-11(2)12-7-4-5-9-14(12)21-15-10-6-8-13(18)16(15)17(19)20/h4-11H,3H2,1-2H3,(H,19,20). The van der Waals surface area contributed by atoms with Gasteiger partial charge in [0.05, 0.1) is 0 Å². The van der Waals surface area contributed by atoms with Gasteiger partial charge in [0.1, 0.15) is 22.9 Å². The highest BCUT2D eigenvalue weighted by Gasteiger charge is 2.19. The van der Waals surface area contributed by atoms with E-state index in [4.69, 9.17) is 9.84 Å². The Labute approximate surface area is 123 Å². The third kappa shape index (κ3) is 3.21. The molecule has 0 heterocycles. The molecule has 21 heavy (non-hydrogen) atoms. The lowest BCUT2D eigenvalue weighted by Gasteiger charge is -2.16. The Kier molecular flexibility index (Phi) is 4.58. The number of rotatable bonds is 5. The van der Waals surface area contributed by atoms with Crippen molar-refractivity contribution in [3.8, 4) is 11.5 Å². The molecule has 1 N–H and O–H groups in total. The van der Waals surface area contributed by atoms with Crippen molar-refractivity contribution < 1.29 is 19.0 Å². The van der Waals surface area contributed by atoms with Gasteiger partial charge in [0.25, 0.3) is 0 Å². The molecule has 110 valence electrons. The van der Waals surface area contributed by atoms with Crippen LogP contribution in [-0.2, 0) is 0 Å². The summed E-state index contributed by atoms with van der Waals surface area (Å²) >= 11 is 0. The van der Waals surface area contributed by atoms with E-state index in [-0.39, 0.29) is 11.7 Å². The van der Waals surface area contributed by atoms with Gasteiger partial charge < -0.3 is 9.84 Å². The topological polar surface area (TPSA) is 46.5 Å². The van der Waals surface area contributed by atoms with Crippen LogP contribution in [0.1, 0.15) is 42.1 Å². The zero-order valence-corrected chi connectivity index (χ0v) is 12.0. The van der Waals surface area contributed by atoms with Crippen molar-refractivity contribution in [1.29, 1.82) is 0 Å². The molecular formula is C17H17FO3. The smallest absolute Gasteiger partial charge is 0.342 e. The van der Waals surface area contributed by atoms with Crippen LogP contribution in [-0.4, -0.2) is 11.1 Å². The highest BCUT2D eigenvalue weighted by Crippen LogP contribution is 2.34. The van der Waals surface area contributed by atoms with Crippen molar-refractivity contribution in [2.45, 2.75) is 26.2 Å². The van der Waals surface area contributed by atoms with Crippen LogP contribution in [0, 0.1) is 5.82 Å². The molecule has 2 aromatic rings. The van der Waals surface area contributed by atoms with E-state index in [0.29, 0.717) is 5.75 Å². The largest absolute Gasteiger partial charge is 0.477 e. The number of carboxylic acid groups (broad SMARTS) is 1. The lowest BCUT2D eigenvalue weighted by atomic mass is 9.98. The minimum Gasteiger partial charge on any atom is -0.477 e. The molecule has 0 fully saturated rings. The van der Waals surface area contributed by atoms with E-state index in [0.717, 1.165) is 18.1 Å². The van der Waals surface area contributed by atoms with E-state index >= 15 is 0 Å². The predicted molar refractivity (Wildman–Crippen MR) is 78.6 cm³/mol. The summed E-state index contributed by atoms with van der Waals surface area (Å²) < 4.78 is 19.4. The van der Waals surface area contributed by atoms with Crippen LogP contribution in [0.3, 0.4) is 0 Å². The number of aromatic carboxylic acids is 1. The fourth-order valence-electron chi connectivity index (χ4n) is 2.12. The predicted octanol–water partition coefficient (Wildman–Crippen LogP) is 4.83. The summed E-state index contributed by atoms with van der Waals surface area (Å²) in [6, 6.07) is 11.4. The minimum absolute atomic E-state index is 0.0123. The second-order valence-corrected chi connectivity index (χ2v) is 4.87. The van der Waals surface area contributed by atoms with E-state index in [1.54, 1.807) is 12.1 Å². The van der Waals surface area contributed by atoms with Gasteiger partial charge >= 0.3 is 5.97 Å². The maximum atomic E-state index is 13.7. The number of para-hydroxylation sites is 1. The van der Waals surface area contributed by atoms with Gasteiger partial charge in [-0.15, -0.1) is 0 Å².